The fourth-order valence-corrected chi connectivity index (χ4v) is 6.19. The average molecular weight is 513 g/mol. The van der Waals surface area contributed by atoms with E-state index in [0.29, 0.717) is 24.9 Å². The number of amides is 1. The van der Waals surface area contributed by atoms with Crippen molar-refractivity contribution in [2.45, 2.75) is 64.5 Å². The van der Waals surface area contributed by atoms with Gasteiger partial charge >= 0.3 is 6.09 Å². The summed E-state index contributed by atoms with van der Waals surface area (Å²) >= 11 is 8.51. The molecule has 3 aromatic rings. The molecule has 3 atom stereocenters. The van der Waals surface area contributed by atoms with Gasteiger partial charge < -0.3 is 9.64 Å². The number of carbonyl (C=O) groups excluding carboxylic acids is 1. The van der Waals surface area contributed by atoms with Crippen molar-refractivity contribution in [3.8, 4) is 0 Å². The van der Waals surface area contributed by atoms with E-state index in [-0.39, 0.29) is 12.1 Å². The van der Waals surface area contributed by atoms with Crippen LogP contribution in [0.15, 0.2) is 29.6 Å². The zero-order chi connectivity index (χ0) is 24.9. The first-order valence-corrected chi connectivity index (χ1v) is 13.6. The van der Waals surface area contributed by atoms with Gasteiger partial charge in [-0.1, -0.05) is 23.7 Å². The van der Waals surface area contributed by atoms with E-state index in [2.05, 4.69) is 46.5 Å². The second kappa shape index (κ2) is 9.34. The Kier molecular flexibility index (Phi) is 6.53. The van der Waals surface area contributed by atoms with Gasteiger partial charge in [-0.2, -0.15) is 0 Å². The normalized spacial score (nSPS) is 21.8. The van der Waals surface area contributed by atoms with Crippen LogP contribution < -0.4 is 0 Å². The minimum Gasteiger partial charge on any atom is -0.444 e. The Hall–Kier alpha value is -2.22. The van der Waals surface area contributed by atoms with Crippen LogP contribution in [0.4, 0.5) is 4.79 Å². The second-order valence-electron chi connectivity index (χ2n) is 10.7. The molecular formula is C27H33ClN4O2S. The fourth-order valence-electron chi connectivity index (χ4n) is 5.05. The van der Waals surface area contributed by atoms with Crippen LogP contribution in [0.3, 0.4) is 0 Å². The maximum atomic E-state index is 12.4. The van der Waals surface area contributed by atoms with Crippen molar-refractivity contribution in [1.29, 1.82) is 0 Å². The third-order valence-electron chi connectivity index (χ3n) is 7.03. The minimum atomic E-state index is -0.470. The smallest absolute Gasteiger partial charge is 0.410 e. The number of aromatic nitrogens is 2. The molecule has 3 unspecified atom stereocenters. The standard InChI is InChI=1S/C27H33ClN4O2S/c1-16(31-9-11-32(12-10-31)26(33)34-27(3,4)5)18-6-7-19(23(28)14-18)21-15-22(21)24-20-8-13-35-25(20)30-17(2)29-24/h6-8,13-14,16,21-22H,9-12,15H2,1-5H3. The lowest BCUT2D eigenvalue weighted by atomic mass is 10.0. The molecule has 8 heteroatoms. The number of hydrogen-bond acceptors (Lipinski definition) is 6. The van der Waals surface area contributed by atoms with Crippen LogP contribution in [-0.2, 0) is 4.74 Å². The number of hydrogen-bond donors (Lipinski definition) is 0. The van der Waals surface area contributed by atoms with Crippen LogP contribution in [0.2, 0.25) is 5.02 Å². The lowest BCUT2D eigenvalue weighted by Gasteiger charge is -2.38. The molecule has 2 aliphatic rings. The second-order valence-corrected chi connectivity index (χ2v) is 12.0. The van der Waals surface area contributed by atoms with Crippen molar-refractivity contribution in [2.75, 3.05) is 26.2 Å². The van der Waals surface area contributed by atoms with Gasteiger partial charge in [0.2, 0.25) is 0 Å². The Bertz CT molecular complexity index is 1250. The first kappa shape index (κ1) is 24.5. The van der Waals surface area contributed by atoms with Crippen molar-refractivity contribution in [3.63, 3.8) is 0 Å². The summed E-state index contributed by atoms with van der Waals surface area (Å²) in [6.45, 7) is 12.9. The molecule has 0 bridgehead atoms. The van der Waals surface area contributed by atoms with Gasteiger partial charge in [0.15, 0.2) is 0 Å². The number of benzene rings is 1. The number of carbonyl (C=O) groups is 1. The maximum Gasteiger partial charge on any atom is 0.410 e. The monoisotopic (exact) mass is 512 g/mol. The predicted molar refractivity (Wildman–Crippen MR) is 141 cm³/mol. The molecule has 1 aliphatic carbocycles. The lowest BCUT2D eigenvalue weighted by molar-refractivity contribution is 0.0110. The van der Waals surface area contributed by atoms with Crippen LogP contribution in [0.1, 0.15) is 74.6 Å². The zero-order valence-electron chi connectivity index (χ0n) is 21.0. The van der Waals surface area contributed by atoms with Crippen molar-refractivity contribution in [3.05, 3.63) is 57.3 Å². The summed E-state index contributed by atoms with van der Waals surface area (Å²) in [7, 11) is 0. The molecule has 2 fully saturated rings. The fraction of sp³-hybridized carbons (Fsp3) is 0.519. The van der Waals surface area contributed by atoms with E-state index < -0.39 is 5.60 Å². The predicted octanol–water partition coefficient (Wildman–Crippen LogP) is 6.54. The number of piperazine rings is 1. The van der Waals surface area contributed by atoms with E-state index in [4.69, 9.17) is 21.3 Å². The van der Waals surface area contributed by atoms with Gasteiger partial charge in [-0.3, -0.25) is 4.90 Å². The lowest BCUT2D eigenvalue weighted by Crippen LogP contribution is -2.50. The average Bonchev–Trinajstić information content (AvgIpc) is 3.45. The summed E-state index contributed by atoms with van der Waals surface area (Å²) in [5, 5.41) is 4.11. The van der Waals surface area contributed by atoms with Crippen LogP contribution in [0, 0.1) is 6.92 Å². The first-order chi connectivity index (χ1) is 16.6. The quantitative estimate of drug-likeness (QED) is 0.397. The van der Waals surface area contributed by atoms with Gasteiger partial charge in [0.1, 0.15) is 16.3 Å². The molecule has 5 rings (SSSR count). The molecular weight excluding hydrogens is 480 g/mol. The number of halogens is 1. The molecule has 1 amide bonds. The highest BCUT2D eigenvalue weighted by Gasteiger charge is 2.43. The Morgan fingerprint density at radius 3 is 2.57 bits per heavy atom. The molecule has 3 heterocycles. The third kappa shape index (κ3) is 5.18. The first-order valence-electron chi connectivity index (χ1n) is 12.3. The maximum absolute atomic E-state index is 12.4. The topological polar surface area (TPSA) is 58.6 Å². The number of rotatable bonds is 4. The van der Waals surface area contributed by atoms with Gasteiger partial charge in [-0.05, 0) is 75.6 Å². The van der Waals surface area contributed by atoms with Crippen LogP contribution in [-0.4, -0.2) is 57.6 Å². The van der Waals surface area contributed by atoms with Gasteiger partial charge in [-0.15, -0.1) is 11.3 Å². The summed E-state index contributed by atoms with van der Waals surface area (Å²) in [5.74, 6) is 1.64. The van der Waals surface area contributed by atoms with E-state index in [1.54, 1.807) is 16.2 Å². The van der Waals surface area contributed by atoms with Gasteiger partial charge in [0.25, 0.3) is 0 Å². The number of aryl methyl sites for hydroxylation is 1. The highest BCUT2D eigenvalue weighted by atomic mass is 35.5. The molecule has 1 aromatic carbocycles. The summed E-state index contributed by atoms with van der Waals surface area (Å²) < 4.78 is 5.52. The summed E-state index contributed by atoms with van der Waals surface area (Å²) in [6.07, 6.45) is 0.845. The van der Waals surface area contributed by atoms with Crippen molar-refractivity contribution < 1.29 is 9.53 Å². The van der Waals surface area contributed by atoms with Gasteiger partial charge in [0, 0.05) is 48.5 Å². The van der Waals surface area contributed by atoms with Gasteiger partial charge in [0.05, 0.1) is 5.69 Å². The Morgan fingerprint density at radius 1 is 1.14 bits per heavy atom. The Labute approximate surface area is 216 Å². The Morgan fingerprint density at radius 2 is 1.89 bits per heavy atom. The van der Waals surface area contributed by atoms with Crippen molar-refractivity contribution >= 4 is 39.2 Å². The Balaban J connectivity index is 1.24. The zero-order valence-corrected chi connectivity index (χ0v) is 22.6. The van der Waals surface area contributed by atoms with Gasteiger partial charge in [-0.25, -0.2) is 14.8 Å². The summed E-state index contributed by atoms with van der Waals surface area (Å²) in [5.41, 5.74) is 3.11. The molecule has 1 saturated heterocycles. The van der Waals surface area contributed by atoms with Crippen LogP contribution >= 0.6 is 22.9 Å². The third-order valence-corrected chi connectivity index (χ3v) is 8.16. The number of fused-ring (bicyclic) bond motifs is 1. The summed E-state index contributed by atoms with van der Waals surface area (Å²) in [6, 6.07) is 8.91. The molecule has 1 saturated carbocycles. The van der Waals surface area contributed by atoms with Crippen molar-refractivity contribution in [1.82, 2.24) is 19.8 Å². The van der Waals surface area contributed by atoms with E-state index in [1.807, 2.05) is 27.7 Å². The molecule has 35 heavy (non-hydrogen) atoms. The number of thiophene rings is 1. The van der Waals surface area contributed by atoms with E-state index in [0.717, 1.165) is 40.9 Å². The summed E-state index contributed by atoms with van der Waals surface area (Å²) in [4.78, 5) is 27.0. The number of ether oxygens (including phenoxy) is 1. The molecule has 1 aliphatic heterocycles. The minimum absolute atomic E-state index is 0.227. The molecule has 186 valence electrons. The van der Waals surface area contributed by atoms with Crippen LogP contribution in [0.25, 0.3) is 10.2 Å². The molecule has 6 nitrogen and oxygen atoms in total. The van der Waals surface area contributed by atoms with E-state index in [9.17, 15) is 4.79 Å². The van der Waals surface area contributed by atoms with Crippen LogP contribution in [0.5, 0.6) is 0 Å². The molecule has 0 spiro atoms. The molecule has 0 radical (unpaired) electrons. The van der Waals surface area contributed by atoms with Crippen molar-refractivity contribution in [2.24, 2.45) is 0 Å². The van der Waals surface area contributed by atoms with E-state index in [1.165, 1.54) is 16.5 Å². The number of nitrogens with zero attached hydrogens (tertiary/aromatic N) is 4. The molecule has 2 aromatic heterocycles. The highest BCUT2D eigenvalue weighted by Crippen LogP contribution is 2.57. The SMILES string of the molecule is Cc1nc(C2CC2c2ccc(C(C)N3CCN(C(=O)OC(C)(C)C)CC3)cc2Cl)c2ccsc2n1. The largest absolute Gasteiger partial charge is 0.444 e. The van der Waals surface area contributed by atoms with E-state index >= 15 is 0 Å². The molecule has 0 N–H and O–H groups in total. The highest BCUT2D eigenvalue weighted by molar-refractivity contribution is 7.16.